The van der Waals surface area contributed by atoms with Crippen LogP contribution in [0.2, 0.25) is 0 Å². The van der Waals surface area contributed by atoms with Crippen molar-refractivity contribution < 1.29 is 9.59 Å². The third-order valence-electron chi connectivity index (χ3n) is 2.11. The van der Waals surface area contributed by atoms with Crippen molar-refractivity contribution in [3.63, 3.8) is 0 Å². The lowest BCUT2D eigenvalue weighted by Crippen LogP contribution is -2.46. The van der Waals surface area contributed by atoms with E-state index in [-0.39, 0.29) is 11.8 Å². The van der Waals surface area contributed by atoms with Gasteiger partial charge in [-0.2, -0.15) is 0 Å². The Morgan fingerprint density at radius 2 is 1.83 bits per heavy atom. The second kappa shape index (κ2) is 13.9. The van der Waals surface area contributed by atoms with Crippen molar-refractivity contribution in [2.45, 2.75) is 53.0 Å². The summed E-state index contributed by atoms with van der Waals surface area (Å²) in [5.74, 6) is 4.82. The standard InChI is InChI=1S/C10H22N4O2.C2H6/c1-3-12-10(16)9(14-8(2)15)6-4-5-7-13-11;1-2/h9,13H,3-7,11H2,1-2H3,(H,12,16)(H,14,15);1-2H3. The molecule has 2 amide bonds. The SMILES string of the molecule is CC.CCNC(=O)C(CCCCNN)NC(C)=O. The van der Waals surface area contributed by atoms with Gasteiger partial charge in [-0.25, -0.2) is 0 Å². The van der Waals surface area contributed by atoms with Crippen LogP contribution in [0.25, 0.3) is 0 Å². The van der Waals surface area contributed by atoms with Gasteiger partial charge in [-0.05, 0) is 26.2 Å². The number of amides is 2. The maximum atomic E-state index is 11.6. The van der Waals surface area contributed by atoms with Gasteiger partial charge < -0.3 is 10.6 Å². The van der Waals surface area contributed by atoms with E-state index in [1.54, 1.807) is 0 Å². The number of carbonyl (C=O) groups excluding carboxylic acids is 2. The van der Waals surface area contributed by atoms with E-state index in [1.165, 1.54) is 6.92 Å². The summed E-state index contributed by atoms with van der Waals surface area (Å²) in [6.45, 7) is 8.54. The Hall–Kier alpha value is -1.14. The zero-order valence-corrected chi connectivity index (χ0v) is 12.0. The smallest absolute Gasteiger partial charge is 0.242 e. The summed E-state index contributed by atoms with van der Waals surface area (Å²) in [4.78, 5) is 22.5. The van der Waals surface area contributed by atoms with E-state index in [2.05, 4.69) is 16.1 Å². The zero-order valence-electron chi connectivity index (χ0n) is 12.0. The van der Waals surface area contributed by atoms with Crippen molar-refractivity contribution in [1.29, 1.82) is 0 Å². The molecule has 0 saturated heterocycles. The van der Waals surface area contributed by atoms with Gasteiger partial charge in [0.15, 0.2) is 0 Å². The first-order valence-corrected chi connectivity index (χ1v) is 6.60. The van der Waals surface area contributed by atoms with Crippen LogP contribution in [0.1, 0.15) is 47.0 Å². The molecule has 6 heteroatoms. The summed E-state index contributed by atoms with van der Waals surface area (Å²) in [5.41, 5.74) is 2.55. The van der Waals surface area contributed by atoms with Crippen LogP contribution in [0.4, 0.5) is 0 Å². The first kappa shape index (κ1) is 19.2. The molecule has 0 aromatic rings. The number of unbranched alkanes of at least 4 members (excludes halogenated alkanes) is 1. The first-order chi connectivity index (χ1) is 8.61. The lowest BCUT2D eigenvalue weighted by molar-refractivity contribution is -0.128. The van der Waals surface area contributed by atoms with Gasteiger partial charge in [0.1, 0.15) is 6.04 Å². The maximum absolute atomic E-state index is 11.6. The van der Waals surface area contributed by atoms with Crippen molar-refractivity contribution >= 4 is 11.8 Å². The lowest BCUT2D eigenvalue weighted by atomic mass is 10.1. The van der Waals surface area contributed by atoms with Crippen LogP contribution in [-0.2, 0) is 9.59 Å². The normalized spacial score (nSPS) is 10.9. The molecule has 0 spiro atoms. The molecule has 0 aliphatic rings. The number of carbonyl (C=O) groups is 2. The molecule has 5 N–H and O–H groups in total. The number of rotatable bonds is 8. The minimum absolute atomic E-state index is 0.126. The second-order valence-corrected chi connectivity index (χ2v) is 3.60. The van der Waals surface area contributed by atoms with Crippen molar-refractivity contribution in [3.05, 3.63) is 0 Å². The third kappa shape index (κ3) is 11.3. The van der Waals surface area contributed by atoms with Crippen molar-refractivity contribution in [2.24, 2.45) is 5.84 Å². The number of likely N-dealkylation sites (N-methyl/N-ethyl adjacent to an activating group) is 1. The Morgan fingerprint density at radius 1 is 1.22 bits per heavy atom. The monoisotopic (exact) mass is 260 g/mol. The molecule has 0 aliphatic heterocycles. The van der Waals surface area contributed by atoms with Crippen LogP contribution in [0.5, 0.6) is 0 Å². The molecule has 0 aromatic heterocycles. The molecule has 0 radical (unpaired) electrons. The molecular weight excluding hydrogens is 232 g/mol. The topological polar surface area (TPSA) is 96.2 Å². The fraction of sp³-hybridized carbons (Fsp3) is 0.833. The molecule has 0 aliphatic carbocycles. The lowest BCUT2D eigenvalue weighted by Gasteiger charge is -2.16. The van der Waals surface area contributed by atoms with E-state index in [0.29, 0.717) is 19.5 Å². The Morgan fingerprint density at radius 3 is 2.28 bits per heavy atom. The van der Waals surface area contributed by atoms with Crippen molar-refractivity contribution in [2.75, 3.05) is 13.1 Å². The summed E-state index contributed by atoms with van der Waals surface area (Å²) in [7, 11) is 0. The Bertz CT molecular complexity index is 222. The highest BCUT2D eigenvalue weighted by Gasteiger charge is 2.17. The number of nitrogens with two attached hydrogens (primary N) is 1. The van der Waals surface area contributed by atoms with Crippen LogP contribution >= 0.6 is 0 Å². The van der Waals surface area contributed by atoms with Gasteiger partial charge >= 0.3 is 0 Å². The van der Waals surface area contributed by atoms with Crippen LogP contribution in [0, 0.1) is 0 Å². The van der Waals surface area contributed by atoms with Crippen molar-refractivity contribution in [3.8, 4) is 0 Å². The second-order valence-electron chi connectivity index (χ2n) is 3.60. The average Bonchev–Trinajstić information content (AvgIpc) is 2.35. The van der Waals surface area contributed by atoms with E-state index in [9.17, 15) is 9.59 Å². The highest BCUT2D eigenvalue weighted by molar-refractivity contribution is 5.86. The molecule has 0 saturated carbocycles. The molecule has 108 valence electrons. The van der Waals surface area contributed by atoms with Gasteiger partial charge in [-0.15, -0.1) is 0 Å². The van der Waals surface area contributed by atoms with Gasteiger partial charge in [0.25, 0.3) is 0 Å². The summed E-state index contributed by atoms with van der Waals surface area (Å²) in [5, 5.41) is 5.34. The zero-order chi connectivity index (χ0) is 14.4. The molecule has 1 atom stereocenters. The molecular formula is C12H28N4O2. The molecule has 6 nitrogen and oxygen atoms in total. The van der Waals surface area contributed by atoms with E-state index in [0.717, 1.165) is 12.8 Å². The van der Waals surface area contributed by atoms with Gasteiger partial charge in [-0.1, -0.05) is 13.8 Å². The fourth-order valence-corrected chi connectivity index (χ4v) is 1.39. The molecule has 0 heterocycles. The number of hydrazine groups is 1. The van der Waals surface area contributed by atoms with E-state index < -0.39 is 6.04 Å². The molecule has 1 unspecified atom stereocenters. The molecule has 0 fully saturated rings. The molecule has 0 rings (SSSR count). The van der Waals surface area contributed by atoms with Crippen molar-refractivity contribution in [1.82, 2.24) is 16.1 Å². The van der Waals surface area contributed by atoms with E-state index in [4.69, 9.17) is 5.84 Å². The summed E-state index contributed by atoms with van der Waals surface area (Å²) < 4.78 is 0. The van der Waals surface area contributed by atoms with Gasteiger partial charge in [0, 0.05) is 20.0 Å². The maximum Gasteiger partial charge on any atom is 0.242 e. The van der Waals surface area contributed by atoms with E-state index >= 15 is 0 Å². The third-order valence-corrected chi connectivity index (χ3v) is 2.11. The summed E-state index contributed by atoms with van der Waals surface area (Å²) in [6.07, 6.45) is 2.35. The highest BCUT2D eigenvalue weighted by Crippen LogP contribution is 2.01. The number of hydrogen-bond acceptors (Lipinski definition) is 4. The predicted molar refractivity (Wildman–Crippen MR) is 73.7 cm³/mol. The fourth-order valence-electron chi connectivity index (χ4n) is 1.39. The molecule has 0 aromatic carbocycles. The summed E-state index contributed by atoms with van der Waals surface area (Å²) >= 11 is 0. The van der Waals surface area contributed by atoms with Crippen LogP contribution in [0.15, 0.2) is 0 Å². The molecule has 0 bridgehead atoms. The van der Waals surface area contributed by atoms with Crippen LogP contribution in [-0.4, -0.2) is 30.9 Å². The van der Waals surface area contributed by atoms with E-state index in [1.807, 2.05) is 20.8 Å². The Kier molecular flexibility index (Phi) is 14.9. The summed E-state index contributed by atoms with van der Waals surface area (Å²) in [6, 6.07) is -0.435. The predicted octanol–water partition coefficient (Wildman–Crippen LogP) is 0.287. The van der Waals surface area contributed by atoms with Gasteiger partial charge in [0.2, 0.25) is 11.8 Å². The number of hydrogen-bond donors (Lipinski definition) is 4. The van der Waals surface area contributed by atoms with Gasteiger partial charge in [0.05, 0.1) is 0 Å². The van der Waals surface area contributed by atoms with Crippen LogP contribution < -0.4 is 21.9 Å². The highest BCUT2D eigenvalue weighted by atomic mass is 16.2. The largest absolute Gasteiger partial charge is 0.355 e. The minimum Gasteiger partial charge on any atom is -0.355 e. The Balaban J connectivity index is 0. The van der Waals surface area contributed by atoms with Gasteiger partial charge in [-0.3, -0.25) is 20.9 Å². The average molecular weight is 260 g/mol. The molecule has 18 heavy (non-hydrogen) atoms. The quantitative estimate of drug-likeness (QED) is 0.286. The minimum atomic E-state index is -0.435. The van der Waals surface area contributed by atoms with Crippen LogP contribution in [0.3, 0.4) is 0 Å². The first-order valence-electron chi connectivity index (χ1n) is 6.60. The Labute approximate surface area is 110 Å². The number of nitrogens with one attached hydrogen (secondary N) is 3.